The first-order chi connectivity index (χ1) is 11.4. The maximum absolute atomic E-state index is 8.68. The molecule has 2 aromatic carbocycles. The molecule has 1 unspecified atom stereocenters. The van der Waals surface area contributed by atoms with Gasteiger partial charge in [0.25, 0.3) is 0 Å². The summed E-state index contributed by atoms with van der Waals surface area (Å²) in [7, 11) is -2.05. The molecule has 7 heteroatoms. The van der Waals surface area contributed by atoms with Gasteiger partial charge in [-0.3, -0.25) is 5.41 Å². The Balaban J connectivity index is 1.86. The van der Waals surface area contributed by atoms with Crippen molar-refractivity contribution < 1.29 is 14.0 Å². The Morgan fingerprint density at radius 2 is 1.83 bits per heavy atom. The van der Waals surface area contributed by atoms with Crippen LogP contribution in [-0.2, 0) is 12.6 Å². The van der Waals surface area contributed by atoms with Crippen molar-refractivity contribution >= 4 is 33.1 Å². The number of hydrogen-bond acceptors (Lipinski definition) is 3. The van der Waals surface area contributed by atoms with Crippen LogP contribution in [0.1, 0.15) is 11.1 Å². The first-order valence-electron chi connectivity index (χ1n) is 7.26. The van der Waals surface area contributed by atoms with Gasteiger partial charge in [-0.2, -0.15) is 4.99 Å². The molecular weight excluding hydrogens is 344 g/mol. The molecule has 1 atom stereocenters. The van der Waals surface area contributed by atoms with E-state index in [1.165, 1.54) is 0 Å². The van der Waals surface area contributed by atoms with Crippen LogP contribution < -0.4 is 9.47 Å². The highest BCUT2D eigenvalue weighted by Gasteiger charge is 2.33. The van der Waals surface area contributed by atoms with Gasteiger partial charge in [-0.1, -0.05) is 17.7 Å². The van der Waals surface area contributed by atoms with Gasteiger partial charge in [0, 0.05) is 24.4 Å². The normalized spacial score (nSPS) is 17.2. The summed E-state index contributed by atoms with van der Waals surface area (Å²) in [5.74, 6) is 1.36. The van der Waals surface area contributed by atoms with E-state index in [2.05, 4.69) is 17.6 Å². The van der Waals surface area contributed by atoms with Gasteiger partial charge in [-0.15, -0.1) is 0 Å². The van der Waals surface area contributed by atoms with E-state index in [1.807, 2.05) is 37.4 Å². The lowest BCUT2D eigenvalue weighted by Crippen LogP contribution is -2.11. The fourth-order valence-corrected chi connectivity index (χ4v) is 3.87. The number of aryl methyl sites for hydroxylation is 1. The molecule has 0 fully saturated rings. The zero-order chi connectivity index (χ0) is 17.3. The summed E-state index contributed by atoms with van der Waals surface area (Å²) >= 11 is 3.48. The molecule has 1 aliphatic heterocycles. The van der Waals surface area contributed by atoms with Crippen LogP contribution in [0, 0.1) is 12.3 Å². The van der Waals surface area contributed by atoms with Gasteiger partial charge in [0.05, 0.1) is 15.2 Å². The molecule has 126 valence electrons. The molecule has 0 saturated heterocycles. The standard InChI is InChI=1S/C17H18N2O3S2/c1-11-3-6-13(7-4-11)24(2,20)17(23)19-16(18)12-5-8-14-15(9-12)22-10-21-14/h3-9,20H,10H2,1-2H3,(H2,18,19,23)/p+2. The van der Waals surface area contributed by atoms with Gasteiger partial charge >= 0.3 is 4.38 Å². The summed E-state index contributed by atoms with van der Waals surface area (Å²) in [6, 6.07) is 13.1. The molecule has 0 saturated carbocycles. The number of benzene rings is 2. The number of ether oxygens (including phenoxy) is 2. The number of hydrogen-bond donors (Lipinski definition) is 1. The summed E-state index contributed by atoms with van der Waals surface area (Å²) in [4.78, 5) is 5.20. The molecule has 2 aromatic rings. The topological polar surface area (TPSA) is 77.6 Å². The molecule has 0 spiro atoms. The van der Waals surface area contributed by atoms with Crippen LogP contribution >= 0.6 is 10.3 Å². The maximum atomic E-state index is 8.68. The van der Waals surface area contributed by atoms with E-state index in [4.69, 9.17) is 19.4 Å². The van der Waals surface area contributed by atoms with Gasteiger partial charge in [-0.05, 0) is 37.3 Å². The van der Waals surface area contributed by atoms with Crippen LogP contribution in [0.15, 0.2) is 52.4 Å². The van der Waals surface area contributed by atoms with Gasteiger partial charge in [0.15, 0.2) is 17.3 Å². The zero-order valence-corrected chi connectivity index (χ0v) is 15.2. The molecule has 1 heterocycles. The van der Waals surface area contributed by atoms with Crippen LogP contribution in [0.5, 0.6) is 11.5 Å². The fraction of sp³-hybridized carbons (Fsp3) is 0.176. The van der Waals surface area contributed by atoms with Crippen LogP contribution in [0.3, 0.4) is 0 Å². The molecule has 5 nitrogen and oxygen atoms in total. The molecule has 1 aliphatic rings. The van der Waals surface area contributed by atoms with Crippen molar-refractivity contribution in [1.82, 2.24) is 0 Å². The second-order valence-corrected chi connectivity index (χ2v) is 9.10. The molecule has 0 radical (unpaired) electrons. The SMILES string of the molecule is Cc1ccc(S(C)([OH2+])C([SH2+])=NC(=N)c2ccc3c(c2)OCO3)cc1. The predicted molar refractivity (Wildman–Crippen MR) is 104 cm³/mol. The summed E-state index contributed by atoms with van der Waals surface area (Å²) < 4.78 is 19.7. The summed E-state index contributed by atoms with van der Waals surface area (Å²) in [5.41, 5.74) is 1.77. The monoisotopic (exact) mass is 364 g/mol. The molecule has 0 aromatic heterocycles. The Bertz CT molecular complexity index is 817. The summed E-state index contributed by atoms with van der Waals surface area (Å²) in [6.45, 7) is 2.21. The highest BCUT2D eigenvalue weighted by Crippen LogP contribution is 2.49. The number of amidine groups is 1. The van der Waals surface area contributed by atoms with Crippen LogP contribution in [0.4, 0.5) is 0 Å². The van der Waals surface area contributed by atoms with Crippen molar-refractivity contribution in [3.8, 4) is 11.5 Å². The molecule has 24 heavy (non-hydrogen) atoms. The summed E-state index contributed by atoms with van der Waals surface area (Å²) in [6.07, 6.45) is 1.83. The Kier molecular flexibility index (Phi) is 4.58. The number of aliphatic imine (C=N–C) groups is 1. The molecule has 3 rings (SSSR count). The van der Waals surface area contributed by atoms with Crippen molar-refractivity contribution in [2.24, 2.45) is 4.99 Å². The lowest BCUT2D eigenvalue weighted by molar-refractivity contribution is 0.174. The average molecular weight is 364 g/mol. The third-order valence-corrected chi connectivity index (χ3v) is 7.15. The van der Waals surface area contributed by atoms with Gasteiger partial charge < -0.3 is 14.0 Å². The molecule has 3 N–H and O–H groups in total. The quantitative estimate of drug-likeness (QED) is 0.505. The molecular formula is C17H20N2O3S2+2. The van der Waals surface area contributed by atoms with Crippen molar-refractivity contribution in [1.29, 1.82) is 5.41 Å². The average Bonchev–Trinajstić information content (AvgIpc) is 3.02. The Hall–Kier alpha value is -1.96. The largest absolute Gasteiger partial charge is 0.454 e. The number of rotatable bonds is 2. The van der Waals surface area contributed by atoms with Crippen molar-refractivity contribution in [2.75, 3.05) is 13.0 Å². The lowest BCUT2D eigenvalue weighted by atomic mass is 10.2. The Morgan fingerprint density at radius 1 is 1.17 bits per heavy atom. The zero-order valence-electron chi connectivity index (χ0n) is 13.4. The minimum absolute atomic E-state index is 0.0800. The fourth-order valence-electron chi connectivity index (χ4n) is 2.22. The summed E-state index contributed by atoms with van der Waals surface area (Å²) in [5, 5.41) is 8.21. The minimum atomic E-state index is -2.05. The molecule has 0 aliphatic carbocycles. The third kappa shape index (κ3) is 3.28. The van der Waals surface area contributed by atoms with E-state index >= 15 is 0 Å². The molecule has 0 bridgehead atoms. The minimum Gasteiger partial charge on any atom is -0.454 e. The second-order valence-electron chi connectivity index (χ2n) is 5.57. The van der Waals surface area contributed by atoms with E-state index in [0.29, 0.717) is 21.4 Å². The van der Waals surface area contributed by atoms with E-state index in [1.54, 1.807) is 18.2 Å². The first kappa shape index (κ1) is 16.9. The maximum Gasteiger partial charge on any atom is 0.329 e. The predicted octanol–water partition coefficient (Wildman–Crippen LogP) is 2.55. The lowest BCUT2D eigenvalue weighted by Gasteiger charge is -2.19. The highest BCUT2D eigenvalue weighted by atomic mass is 32.3. The van der Waals surface area contributed by atoms with E-state index in [-0.39, 0.29) is 12.6 Å². The van der Waals surface area contributed by atoms with Gasteiger partial charge in [-0.25, -0.2) is 0 Å². The van der Waals surface area contributed by atoms with Crippen LogP contribution in [0.25, 0.3) is 0 Å². The highest BCUT2D eigenvalue weighted by molar-refractivity contribution is 8.48. The second kappa shape index (κ2) is 6.51. The van der Waals surface area contributed by atoms with Crippen LogP contribution in [-0.4, -0.2) is 27.8 Å². The first-order valence-corrected chi connectivity index (χ1v) is 9.80. The van der Waals surface area contributed by atoms with E-state index in [0.717, 1.165) is 10.5 Å². The van der Waals surface area contributed by atoms with Gasteiger partial charge in [0.2, 0.25) is 6.79 Å². The van der Waals surface area contributed by atoms with Crippen molar-refractivity contribution in [2.45, 2.75) is 11.8 Å². The Labute approximate surface area is 147 Å². The third-order valence-electron chi connectivity index (χ3n) is 3.74. The molecule has 0 amide bonds. The smallest absolute Gasteiger partial charge is 0.329 e. The van der Waals surface area contributed by atoms with Crippen LogP contribution in [0.2, 0.25) is 0 Å². The number of nitrogens with zero attached hydrogens (tertiary/aromatic N) is 1. The number of nitrogens with one attached hydrogen (secondary N) is 1. The van der Waals surface area contributed by atoms with Crippen molar-refractivity contribution in [3.05, 3.63) is 53.6 Å². The Morgan fingerprint density at radius 3 is 2.54 bits per heavy atom. The van der Waals surface area contributed by atoms with E-state index < -0.39 is 10.3 Å². The number of fused-ring (bicyclic) bond motifs is 1. The van der Waals surface area contributed by atoms with E-state index in [9.17, 15) is 0 Å². The van der Waals surface area contributed by atoms with Gasteiger partial charge in [0.1, 0.15) is 0 Å². The van der Waals surface area contributed by atoms with Crippen molar-refractivity contribution in [3.63, 3.8) is 0 Å².